The van der Waals surface area contributed by atoms with Crippen LogP contribution in [-0.2, 0) is 28.2 Å². The number of rotatable bonds is 12. The van der Waals surface area contributed by atoms with Crippen LogP contribution >= 0.6 is 15.9 Å². The van der Waals surface area contributed by atoms with E-state index in [0.29, 0.717) is 29.7 Å². The summed E-state index contributed by atoms with van der Waals surface area (Å²) in [4.78, 5) is 30.9. The molecule has 0 aliphatic carbocycles. The summed E-state index contributed by atoms with van der Waals surface area (Å²) in [6.45, 7) is 7.62. The van der Waals surface area contributed by atoms with E-state index in [0.717, 1.165) is 38.0 Å². The number of methoxy groups -OCH3 is 1. The van der Waals surface area contributed by atoms with E-state index in [1.54, 1.807) is 19.4 Å². The summed E-state index contributed by atoms with van der Waals surface area (Å²) in [6.07, 6.45) is 3.90. The summed E-state index contributed by atoms with van der Waals surface area (Å²) in [5.74, 6) is 0.185. The minimum absolute atomic E-state index is 0.0170. The number of hydrogen-bond acceptors (Lipinski definition) is 8. The van der Waals surface area contributed by atoms with Crippen LogP contribution in [0.25, 0.3) is 16.5 Å². The van der Waals surface area contributed by atoms with Gasteiger partial charge in [0.1, 0.15) is 5.75 Å². The maximum Gasteiger partial charge on any atom is 0.279 e. The van der Waals surface area contributed by atoms with E-state index < -0.39 is 13.7 Å². The van der Waals surface area contributed by atoms with Crippen molar-refractivity contribution in [3.05, 3.63) is 171 Å². The standard InChI is InChI=1S/C48H47BrN6O5Si/c1-31-45(61(3,4)38-20-18-37(59-2)19-21-38)44(23-24-53-29-42(51-52-53)40(30-56)33-12-6-5-7-13-33)60-48(31)41-26-35(49)17-22-43(41)54(47(48)58)28-32-11-10-15-36(25-32)55-46(57)39-16-9-8-14-34(39)27-50-55/h5-22,25-27,29,31,40,44-45,56H,23-24,28,30H2,1-4H3/t31-,40?,44+,45-,48+/m1/s1. The van der Waals surface area contributed by atoms with Crippen molar-refractivity contribution in [1.82, 2.24) is 24.8 Å². The first kappa shape index (κ1) is 40.7. The van der Waals surface area contributed by atoms with Crippen molar-refractivity contribution < 1.29 is 19.4 Å². The molecule has 2 aromatic heterocycles. The molecule has 0 bridgehead atoms. The van der Waals surface area contributed by atoms with Gasteiger partial charge in [0.15, 0.2) is 5.60 Å². The van der Waals surface area contributed by atoms with E-state index >= 15 is 4.79 Å². The Morgan fingerprint density at radius 3 is 2.48 bits per heavy atom. The molecule has 5 atom stereocenters. The molecule has 310 valence electrons. The molecule has 11 nitrogen and oxygen atoms in total. The molecule has 1 N–H and O–H groups in total. The molecule has 2 aliphatic heterocycles. The number of nitrogens with zero attached hydrogens (tertiary/aromatic N) is 6. The molecular formula is C48H47BrN6O5Si. The van der Waals surface area contributed by atoms with Crippen molar-refractivity contribution in [3.8, 4) is 11.4 Å². The smallest absolute Gasteiger partial charge is 0.279 e. The minimum atomic E-state index is -2.41. The van der Waals surface area contributed by atoms with Crippen LogP contribution in [0.2, 0.25) is 18.6 Å². The van der Waals surface area contributed by atoms with E-state index in [1.165, 1.54) is 9.87 Å². The van der Waals surface area contributed by atoms with Crippen molar-refractivity contribution in [1.29, 1.82) is 0 Å². The topological polar surface area (TPSA) is 125 Å². The van der Waals surface area contributed by atoms with Gasteiger partial charge in [0.2, 0.25) is 0 Å². The van der Waals surface area contributed by atoms with E-state index in [-0.39, 0.29) is 48.1 Å². The van der Waals surface area contributed by atoms with Gasteiger partial charge in [-0.05, 0) is 71.6 Å². The Hall–Kier alpha value is -5.73. The Bertz CT molecular complexity index is 2800. The highest BCUT2D eigenvalue weighted by molar-refractivity contribution is 9.10. The van der Waals surface area contributed by atoms with Crippen LogP contribution in [0, 0.1) is 5.92 Å². The molecule has 7 aromatic rings. The highest BCUT2D eigenvalue weighted by Crippen LogP contribution is 2.60. The fourth-order valence-corrected chi connectivity index (χ4v) is 14.3. The van der Waals surface area contributed by atoms with Crippen LogP contribution in [0.1, 0.15) is 41.6 Å². The molecule has 13 heteroatoms. The average Bonchev–Trinajstić information content (AvgIpc) is 3.94. The van der Waals surface area contributed by atoms with Crippen molar-refractivity contribution in [2.24, 2.45) is 5.92 Å². The number of carbonyl (C=O) groups is 1. The summed E-state index contributed by atoms with van der Waals surface area (Å²) in [5, 5.41) is 26.5. The van der Waals surface area contributed by atoms with E-state index in [9.17, 15) is 9.90 Å². The fourth-order valence-electron chi connectivity index (χ4n) is 9.85. The third-order valence-electron chi connectivity index (χ3n) is 12.9. The van der Waals surface area contributed by atoms with E-state index in [4.69, 9.17) is 9.47 Å². The zero-order valence-electron chi connectivity index (χ0n) is 34.5. The van der Waals surface area contributed by atoms with Crippen LogP contribution < -0.4 is 20.4 Å². The van der Waals surface area contributed by atoms with Gasteiger partial charge in [-0.1, -0.05) is 119 Å². The molecule has 1 saturated heterocycles. The number of aryl methyl sites for hydroxylation is 1. The highest BCUT2D eigenvalue weighted by atomic mass is 79.9. The number of hydrogen-bond donors (Lipinski definition) is 1. The summed E-state index contributed by atoms with van der Waals surface area (Å²) < 4.78 is 17.0. The Morgan fingerprint density at radius 1 is 0.934 bits per heavy atom. The van der Waals surface area contributed by atoms with Crippen molar-refractivity contribution in [3.63, 3.8) is 0 Å². The number of ether oxygens (including phenoxy) is 2. The Kier molecular flexibility index (Phi) is 10.8. The first-order chi connectivity index (χ1) is 29.5. The fraction of sp³-hybridized carbons (Fsp3) is 0.271. The maximum atomic E-state index is 15.5. The van der Waals surface area contributed by atoms with Gasteiger partial charge in [0.05, 0.1) is 69.0 Å². The number of aromatic nitrogens is 5. The Labute approximate surface area is 363 Å². The number of fused-ring (bicyclic) bond motifs is 3. The van der Waals surface area contributed by atoms with Gasteiger partial charge in [-0.3, -0.25) is 14.3 Å². The number of halogens is 1. The first-order valence-corrected chi connectivity index (χ1v) is 24.5. The summed E-state index contributed by atoms with van der Waals surface area (Å²) in [6, 6.07) is 39.3. The number of aliphatic hydroxyl groups is 1. The zero-order chi connectivity index (χ0) is 42.5. The quantitative estimate of drug-likeness (QED) is 0.124. The van der Waals surface area contributed by atoms with Gasteiger partial charge < -0.3 is 19.5 Å². The number of aliphatic hydroxyl groups excluding tert-OH is 1. The molecule has 1 amide bonds. The molecular weight excluding hydrogens is 849 g/mol. The molecule has 1 unspecified atom stereocenters. The van der Waals surface area contributed by atoms with Crippen molar-refractivity contribution >= 4 is 51.6 Å². The third kappa shape index (κ3) is 7.12. The lowest BCUT2D eigenvalue weighted by Gasteiger charge is -2.37. The molecule has 2 aliphatic rings. The summed E-state index contributed by atoms with van der Waals surface area (Å²) in [5.41, 5.74) is 3.32. The second-order valence-electron chi connectivity index (χ2n) is 16.7. The van der Waals surface area contributed by atoms with Gasteiger partial charge in [0, 0.05) is 34.1 Å². The molecule has 5 aromatic carbocycles. The van der Waals surface area contributed by atoms with Gasteiger partial charge >= 0.3 is 0 Å². The summed E-state index contributed by atoms with van der Waals surface area (Å²) >= 11 is 3.74. The minimum Gasteiger partial charge on any atom is -0.497 e. The summed E-state index contributed by atoms with van der Waals surface area (Å²) in [7, 11) is -0.741. The van der Waals surface area contributed by atoms with Gasteiger partial charge in [-0.2, -0.15) is 9.78 Å². The molecule has 1 fully saturated rings. The SMILES string of the molecule is COc1ccc([Si](C)(C)[C@H]2[C@H](CCn3cc(C(CO)c4ccccc4)nn3)O[C@@]3(C(=O)N(Cc4cccc(-n5ncc6ccccc6c5=O)c4)c4ccc(Br)cc43)[C@@H]2C)cc1. The van der Waals surface area contributed by atoms with Crippen LogP contribution in [0.4, 0.5) is 5.69 Å². The van der Waals surface area contributed by atoms with Gasteiger partial charge in [0.25, 0.3) is 11.5 Å². The molecule has 1 spiro atoms. The van der Waals surface area contributed by atoms with Crippen LogP contribution in [0.3, 0.4) is 0 Å². The Morgan fingerprint density at radius 2 is 1.70 bits per heavy atom. The molecule has 4 heterocycles. The second-order valence-corrected chi connectivity index (χ2v) is 22.3. The van der Waals surface area contributed by atoms with E-state index in [1.807, 2.05) is 119 Å². The second kappa shape index (κ2) is 16.3. The Balaban J connectivity index is 1.07. The van der Waals surface area contributed by atoms with Crippen LogP contribution in [0.15, 0.2) is 143 Å². The number of carbonyl (C=O) groups excluding carboxylic acids is 1. The lowest BCUT2D eigenvalue weighted by molar-refractivity contribution is -0.146. The number of amides is 1. The number of benzene rings is 5. The third-order valence-corrected chi connectivity index (χ3v) is 17.8. The van der Waals surface area contributed by atoms with Gasteiger partial charge in [-0.25, -0.2) is 0 Å². The first-order valence-electron chi connectivity index (χ1n) is 20.6. The average molecular weight is 896 g/mol. The van der Waals surface area contributed by atoms with Crippen molar-refractivity contribution in [2.75, 3.05) is 18.6 Å². The largest absolute Gasteiger partial charge is 0.497 e. The van der Waals surface area contributed by atoms with Crippen LogP contribution in [0.5, 0.6) is 5.75 Å². The normalized spacial score (nSPS) is 20.4. The van der Waals surface area contributed by atoms with Crippen LogP contribution in [-0.4, -0.2) is 63.7 Å². The predicted octanol–water partition coefficient (Wildman–Crippen LogP) is 7.73. The molecule has 0 radical (unpaired) electrons. The van der Waals surface area contributed by atoms with Gasteiger partial charge in [-0.15, -0.1) is 5.10 Å². The monoisotopic (exact) mass is 894 g/mol. The van der Waals surface area contributed by atoms with Crippen molar-refractivity contribution in [2.45, 2.75) is 62.7 Å². The molecule has 9 rings (SSSR count). The molecule has 61 heavy (non-hydrogen) atoms. The zero-order valence-corrected chi connectivity index (χ0v) is 37.1. The van der Waals surface area contributed by atoms with E-state index in [2.05, 4.69) is 63.5 Å². The molecule has 0 saturated carbocycles. The predicted molar refractivity (Wildman–Crippen MR) is 242 cm³/mol. The lowest BCUT2D eigenvalue weighted by atomic mass is 9.82. The maximum absolute atomic E-state index is 15.5. The highest BCUT2D eigenvalue weighted by Gasteiger charge is 2.66. The number of anilines is 1. The lowest BCUT2D eigenvalue weighted by Crippen LogP contribution is -2.51.